The lowest BCUT2D eigenvalue weighted by Crippen LogP contribution is -2.47. The molecule has 1 fully saturated rings. The number of amidine groups is 1. The lowest BCUT2D eigenvalue weighted by Gasteiger charge is -2.36. The average Bonchev–Trinajstić information content (AvgIpc) is 3.09. The minimum absolute atomic E-state index is 0.0214. The molecule has 0 aliphatic carbocycles. The Morgan fingerprint density at radius 1 is 1.14 bits per heavy atom. The minimum Gasteiger partial charge on any atom is -0.365 e. The van der Waals surface area contributed by atoms with E-state index in [2.05, 4.69) is 10.3 Å². The molecule has 2 aromatic rings. The molecule has 1 saturated heterocycles. The monoisotopic (exact) mass is 424 g/mol. The molecule has 0 saturated carbocycles. The second-order valence-electron chi connectivity index (χ2n) is 6.83. The molecule has 3 unspecified atom stereocenters. The summed E-state index contributed by atoms with van der Waals surface area (Å²) >= 11 is 0.997. The first kappa shape index (κ1) is 19.9. The van der Waals surface area contributed by atoms with Gasteiger partial charge in [0.15, 0.2) is 11.3 Å². The van der Waals surface area contributed by atoms with Gasteiger partial charge < -0.3 is 10.1 Å². The third kappa shape index (κ3) is 3.64. The van der Waals surface area contributed by atoms with Crippen molar-refractivity contribution in [3.05, 3.63) is 71.5 Å². The smallest absolute Gasteiger partial charge is 0.365 e. The lowest BCUT2D eigenvalue weighted by molar-refractivity contribution is -0.215. The van der Waals surface area contributed by atoms with Crippen LogP contribution in [0.25, 0.3) is 0 Å². The molecular formula is C20H16F4N2O2S. The number of alkyl halides is 3. The van der Waals surface area contributed by atoms with Crippen molar-refractivity contribution < 1.29 is 27.1 Å². The Labute approximate surface area is 168 Å². The summed E-state index contributed by atoms with van der Waals surface area (Å²) in [7, 11) is 0. The fourth-order valence-electron chi connectivity index (χ4n) is 3.71. The summed E-state index contributed by atoms with van der Waals surface area (Å²) < 4.78 is 60.2. The standard InChI is InChI=1S/C20H16F4N2O2S/c21-15-9-5-4-8-13(15)19-11-28-16(20(22,23)24)14(19)10-29-18(26-19)25-17(27)12-6-2-1-3-7-12/h1-9,14,16H,10-11H2,(H,25,26,27). The second-order valence-corrected chi connectivity index (χ2v) is 7.84. The van der Waals surface area contributed by atoms with Crippen molar-refractivity contribution in [2.45, 2.75) is 17.8 Å². The van der Waals surface area contributed by atoms with Crippen molar-refractivity contribution in [2.24, 2.45) is 10.9 Å². The Bertz CT molecular complexity index is 951. The van der Waals surface area contributed by atoms with Crippen molar-refractivity contribution in [3.8, 4) is 0 Å². The quantitative estimate of drug-likeness (QED) is 0.738. The summed E-state index contributed by atoms with van der Waals surface area (Å²) in [6, 6.07) is 14.0. The van der Waals surface area contributed by atoms with Crippen molar-refractivity contribution in [2.75, 3.05) is 12.4 Å². The first-order valence-electron chi connectivity index (χ1n) is 8.83. The third-order valence-electron chi connectivity index (χ3n) is 5.08. The summed E-state index contributed by atoms with van der Waals surface area (Å²) in [5.74, 6) is -2.23. The predicted octanol–water partition coefficient (Wildman–Crippen LogP) is 4.13. The van der Waals surface area contributed by atoms with E-state index < -0.39 is 42.1 Å². The van der Waals surface area contributed by atoms with E-state index in [1.165, 1.54) is 18.2 Å². The zero-order chi connectivity index (χ0) is 20.6. The predicted molar refractivity (Wildman–Crippen MR) is 101 cm³/mol. The Balaban J connectivity index is 1.73. The molecule has 152 valence electrons. The van der Waals surface area contributed by atoms with Gasteiger partial charge in [-0.15, -0.1) is 0 Å². The molecule has 1 N–H and O–H groups in total. The maximum absolute atomic E-state index is 14.6. The van der Waals surface area contributed by atoms with Gasteiger partial charge in [-0.05, 0) is 18.2 Å². The van der Waals surface area contributed by atoms with Crippen molar-refractivity contribution >= 4 is 22.8 Å². The fraction of sp³-hybridized carbons (Fsp3) is 0.300. The van der Waals surface area contributed by atoms with Crippen LogP contribution in [0.2, 0.25) is 0 Å². The van der Waals surface area contributed by atoms with Crippen LogP contribution >= 0.6 is 11.8 Å². The summed E-state index contributed by atoms with van der Waals surface area (Å²) in [6.45, 7) is -0.423. The molecule has 3 atom stereocenters. The number of hydrogen-bond acceptors (Lipinski definition) is 4. The number of nitrogens with one attached hydrogen (secondary N) is 1. The van der Waals surface area contributed by atoms with Gasteiger partial charge in [-0.25, -0.2) is 9.38 Å². The maximum Gasteiger partial charge on any atom is 0.415 e. The molecule has 0 aromatic heterocycles. The zero-order valence-corrected chi connectivity index (χ0v) is 15.8. The number of hydrogen-bond donors (Lipinski definition) is 1. The van der Waals surface area contributed by atoms with Gasteiger partial charge in [-0.2, -0.15) is 13.2 Å². The van der Waals surface area contributed by atoms with Gasteiger partial charge in [0.25, 0.3) is 5.91 Å². The van der Waals surface area contributed by atoms with Gasteiger partial charge in [0.05, 0.1) is 6.61 Å². The molecule has 1 amide bonds. The van der Waals surface area contributed by atoms with Gasteiger partial charge in [-0.3, -0.25) is 4.79 Å². The Morgan fingerprint density at radius 3 is 2.52 bits per heavy atom. The number of fused-ring (bicyclic) bond motifs is 1. The number of carbonyl (C=O) groups excluding carboxylic acids is 1. The molecule has 0 spiro atoms. The van der Waals surface area contributed by atoms with Gasteiger partial charge in [0, 0.05) is 22.8 Å². The number of aliphatic imine (C=N–C) groups is 1. The fourth-order valence-corrected chi connectivity index (χ4v) is 4.89. The van der Waals surface area contributed by atoms with Crippen LogP contribution in [0.5, 0.6) is 0 Å². The van der Waals surface area contributed by atoms with Crippen LogP contribution in [-0.4, -0.2) is 35.7 Å². The van der Waals surface area contributed by atoms with Crippen molar-refractivity contribution in [1.29, 1.82) is 0 Å². The summed E-state index contributed by atoms with van der Waals surface area (Å²) in [5, 5.41) is 2.77. The van der Waals surface area contributed by atoms with Gasteiger partial charge in [0.1, 0.15) is 11.4 Å². The SMILES string of the molecule is O=C(NC1=NC2(c3ccccc3F)COC(C(F)(F)F)C2CS1)c1ccccc1. The Hall–Kier alpha value is -2.39. The van der Waals surface area contributed by atoms with Gasteiger partial charge in [0.2, 0.25) is 0 Å². The molecule has 4 rings (SSSR count). The maximum atomic E-state index is 14.6. The summed E-state index contributed by atoms with van der Waals surface area (Å²) in [4.78, 5) is 16.9. The van der Waals surface area contributed by atoms with E-state index in [1.54, 1.807) is 36.4 Å². The van der Waals surface area contributed by atoms with E-state index >= 15 is 0 Å². The van der Waals surface area contributed by atoms with Gasteiger partial charge in [-0.1, -0.05) is 48.2 Å². The number of amides is 1. The van der Waals surface area contributed by atoms with Crippen LogP contribution in [0.15, 0.2) is 59.6 Å². The molecule has 4 nitrogen and oxygen atoms in total. The van der Waals surface area contributed by atoms with Crippen LogP contribution in [0.1, 0.15) is 15.9 Å². The van der Waals surface area contributed by atoms with E-state index in [0.29, 0.717) is 5.56 Å². The van der Waals surface area contributed by atoms with Crippen molar-refractivity contribution in [1.82, 2.24) is 5.32 Å². The van der Waals surface area contributed by atoms with Crippen LogP contribution in [-0.2, 0) is 10.3 Å². The zero-order valence-electron chi connectivity index (χ0n) is 14.9. The minimum atomic E-state index is -4.60. The number of benzene rings is 2. The lowest BCUT2D eigenvalue weighted by atomic mass is 9.78. The molecule has 2 aliphatic heterocycles. The Morgan fingerprint density at radius 2 is 1.83 bits per heavy atom. The highest BCUT2D eigenvalue weighted by Gasteiger charge is 2.62. The molecule has 2 aliphatic rings. The van der Waals surface area contributed by atoms with Crippen LogP contribution in [0.3, 0.4) is 0 Å². The van der Waals surface area contributed by atoms with E-state index in [1.807, 2.05) is 0 Å². The molecule has 29 heavy (non-hydrogen) atoms. The molecular weight excluding hydrogens is 408 g/mol. The second kappa shape index (κ2) is 7.46. The summed E-state index contributed by atoms with van der Waals surface area (Å²) in [6.07, 6.45) is -6.65. The normalized spacial score (nSPS) is 26.6. The topological polar surface area (TPSA) is 50.7 Å². The number of thioether (sulfide) groups is 1. The number of carbonyl (C=O) groups is 1. The van der Waals surface area contributed by atoms with E-state index in [9.17, 15) is 22.4 Å². The molecule has 2 aromatic carbocycles. The first-order valence-corrected chi connectivity index (χ1v) is 9.82. The highest BCUT2D eigenvalue weighted by Crippen LogP contribution is 2.51. The van der Waals surface area contributed by atoms with Crippen LogP contribution < -0.4 is 5.32 Å². The largest absolute Gasteiger partial charge is 0.415 e. The number of ether oxygens (including phenoxy) is 1. The average molecular weight is 424 g/mol. The summed E-state index contributed by atoms with van der Waals surface area (Å²) in [5.41, 5.74) is -1.15. The van der Waals surface area contributed by atoms with E-state index in [4.69, 9.17) is 4.74 Å². The highest BCUT2D eigenvalue weighted by atomic mass is 32.2. The van der Waals surface area contributed by atoms with E-state index in [0.717, 1.165) is 11.8 Å². The van der Waals surface area contributed by atoms with Crippen LogP contribution in [0, 0.1) is 11.7 Å². The number of nitrogens with zero attached hydrogens (tertiary/aromatic N) is 1. The number of halogens is 4. The number of rotatable bonds is 2. The van der Waals surface area contributed by atoms with Gasteiger partial charge >= 0.3 is 6.18 Å². The third-order valence-corrected chi connectivity index (χ3v) is 6.07. The molecule has 0 radical (unpaired) electrons. The molecule has 2 heterocycles. The highest BCUT2D eigenvalue weighted by molar-refractivity contribution is 8.13. The Kier molecular flexibility index (Phi) is 5.12. The van der Waals surface area contributed by atoms with Crippen molar-refractivity contribution in [3.63, 3.8) is 0 Å². The van der Waals surface area contributed by atoms with E-state index in [-0.39, 0.29) is 16.5 Å². The molecule has 0 bridgehead atoms. The molecule has 9 heteroatoms. The van der Waals surface area contributed by atoms with Crippen LogP contribution in [0.4, 0.5) is 17.6 Å². The first-order chi connectivity index (χ1) is 13.8.